The summed E-state index contributed by atoms with van der Waals surface area (Å²) in [6.45, 7) is 4.96. The van der Waals surface area contributed by atoms with Crippen molar-refractivity contribution in [2.45, 2.75) is 39.0 Å². The van der Waals surface area contributed by atoms with Gasteiger partial charge in [0.15, 0.2) is 11.6 Å². The SMILES string of the molecule is CCCNCCC(=O)N1CC=C(c2cc3nccc(Oc4ccc(CC(=O)CC(=O)N(C)c5ccccc5)cc4F)c3s2)CC1. The van der Waals surface area contributed by atoms with Crippen molar-refractivity contribution in [3.05, 3.63) is 89.2 Å². The van der Waals surface area contributed by atoms with E-state index in [0.717, 1.165) is 40.1 Å². The second-order valence-corrected chi connectivity index (χ2v) is 12.1. The van der Waals surface area contributed by atoms with Crippen LogP contribution in [0.25, 0.3) is 15.8 Å². The Hall–Kier alpha value is -4.41. The number of nitrogens with one attached hydrogen (secondary N) is 1. The van der Waals surface area contributed by atoms with Gasteiger partial charge in [0.1, 0.15) is 11.5 Å². The lowest BCUT2D eigenvalue weighted by molar-refractivity contribution is -0.130. The van der Waals surface area contributed by atoms with Crippen molar-refractivity contribution in [3.63, 3.8) is 0 Å². The fraction of sp³-hybridized carbons (Fsp3) is 0.314. The summed E-state index contributed by atoms with van der Waals surface area (Å²) in [5.74, 6) is -0.544. The number of carbonyl (C=O) groups excluding carboxylic acids is 3. The number of hydrogen-bond donors (Lipinski definition) is 1. The molecule has 0 fully saturated rings. The lowest BCUT2D eigenvalue weighted by Gasteiger charge is -2.26. The molecule has 8 nitrogen and oxygen atoms in total. The Morgan fingerprint density at radius 2 is 1.89 bits per heavy atom. The minimum atomic E-state index is -0.598. The Morgan fingerprint density at radius 3 is 2.62 bits per heavy atom. The Morgan fingerprint density at radius 1 is 1.07 bits per heavy atom. The molecule has 0 aliphatic carbocycles. The highest BCUT2D eigenvalue weighted by Crippen LogP contribution is 2.39. The Labute approximate surface area is 266 Å². The average molecular weight is 629 g/mol. The van der Waals surface area contributed by atoms with Crippen molar-refractivity contribution in [1.82, 2.24) is 15.2 Å². The first-order valence-corrected chi connectivity index (χ1v) is 16.0. The van der Waals surface area contributed by atoms with Crippen LogP contribution in [0.4, 0.5) is 10.1 Å². The lowest BCUT2D eigenvalue weighted by atomic mass is 10.1. The van der Waals surface area contributed by atoms with E-state index in [-0.39, 0.29) is 36.2 Å². The number of Topliss-reactive ketones (excluding diaryl/α,β-unsaturated/α-hetero) is 1. The molecule has 0 saturated heterocycles. The van der Waals surface area contributed by atoms with Gasteiger partial charge in [0.05, 0.1) is 16.6 Å². The average Bonchev–Trinajstić information content (AvgIpc) is 3.50. The number of ether oxygens (including phenoxy) is 1. The standard InChI is InChI=1S/C35H37FN4O4S/c1-3-15-37-16-12-33(42)40-18-13-25(14-19-40)32-23-29-35(45-32)31(11-17-38-29)44-30-10-9-24(21-28(30)36)20-27(41)22-34(43)39(2)26-7-5-4-6-8-26/h4-11,13,17,21,23,37H,3,12,14-16,18-20,22H2,1-2H3. The summed E-state index contributed by atoms with van der Waals surface area (Å²) in [6.07, 6.45) is 5.68. The number of halogens is 1. The molecule has 0 spiro atoms. The highest BCUT2D eigenvalue weighted by Gasteiger charge is 2.21. The minimum Gasteiger partial charge on any atom is -0.453 e. The van der Waals surface area contributed by atoms with E-state index < -0.39 is 5.82 Å². The summed E-state index contributed by atoms with van der Waals surface area (Å²) in [4.78, 5) is 46.6. The number of hydrogen-bond acceptors (Lipinski definition) is 7. The first-order chi connectivity index (χ1) is 21.8. The highest BCUT2D eigenvalue weighted by molar-refractivity contribution is 7.20. The summed E-state index contributed by atoms with van der Waals surface area (Å²) in [6, 6.07) is 17.2. The molecule has 2 aromatic heterocycles. The minimum absolute atomic E-state index is 0.0352. The molecular formula is C35H37FN4O4S. The van der Waals surface area contributed by atoms with Crippen LogP contribution in [0.1, 0.15) is 43.0 Å². The van der Waals surface area contributed by atoms with Crippen LogP contribution in [0, 0.1) is 5.82 Å². The number of benzene rings is 2. The Kier molecular flexibility index (Phi) is 10.7. The molecule has 0 atom stereocenters. The van der Waals surface area contributed by atoms with Crippen molar-refractivity contribution in [2.24, 2.45) is 0 Å². The quantitative estimate of drug-likeness (QED) is 0.136. The van der Waals surface area contributed by atoms with Gasteiger partial charge in [-0.1, -0.05) is 37.3 Å². The van der Waals surface area contributed by atoms with Crippen LogP contribution in [0.3, 0.4) is 0 Å². The molecule has 0 saturated carbocycles. The van der Waals surface area contributed by atoms with E-state index in [4.69, 9.17) is 4.74 Å². The number of thiophene rings is 1. The van der Waals surface area contributed by atoms with Gasteiger partial charge in [-0.15, -0.1) is 11.3 Å². The molecule has 3 heterocycles. The molecule has 45 heavy (non-hydrogen) atoms. The number of para-hydroxylation sites is 1. The summed E-state index contributed by atoms with van der Waals surface area (Å²) in [5.41, 5.74) is 3.07. The zero-order valence-electron chi connectivity index (χ0n) is 25.6. The second kappa shape index (κ2) is 15.0. The number of pyridine rings is 1. The molecule has 5 rings (SSSR count). The Bertz CT molecular complexity index is 1700. The van der Waals surface area contributed by atoms with E-state index in [9.17, 15) is 14.4 Å². The number of nitrogens with zero attached hydrogens (tertiary/aromatic N) is 3. The van der Waals surface area contributed by atoms with Gasteiger partial charge >= 0.3 is 0 Å². The van der Waals surface area contributed by atoms with E-state index in [1.807, 2.05) is 29.2 Å². The molecule has 2 aromatic carbocycles. The van der Waals surface area contributed by atoms with E-state index in [1.54, 1.807) is 37.5 Å². The van der Waals surface area contributed by atoms with Crippen molar-refractivity contribution < 1.29 is 23.5 Å². The van der Waals surface area contributed by atoms with Crippen LogP contribution in [0.2, 0.25) is 0 Å². The van der Waals surface area contributed by atoms with Gasteiger partial charge in [0.2, 0.25) is 11.8 Å². The second-order valence-electron chi connectivity index (χ2n) is 11.0. The highest BCUT2D eigenvalue weighted by atomic mass is 32.1. The maximum Gasteiger partial charge on any atom is 0.234 e. The fourth-order valence-corrected chi connectivity index (χ4v) is 6.29. The molecule has 1 aliphatic rings. The predicted octanol–water partition coefficient (Wildman–Crippen LogP) is 6.40. The molecule has 1 N–H and O–H groups in total. The third kappa shape index (κ3) is 8.20. The van der Waals surface area contributed by atoms with Gasteiger partial charge in [-0.25, -0.2) is 4.39 Å². The van der Waals surface area contributed by atoms with E-state index in [1.165, 1.54) is 28.4 Å². The zero-order valence-corrected chi connectivity index (χ0v) is 26.4. The van der Waals surface area contributed by atoms with E-state index in [2.05, 4.69) is 23.3 Å². The van der Waals surface area contributed by atoms with Crippen LogP contribution < -0.4 is 15.0 Å². The molecule has 4 aromatic rings. The van der Waals surface area contributed by atoms with Crippen LogP contribution in [0.15, 0.2) is 72.9 Å². The van der Waals surface area contributed by atoms with E-state index in [0.29, 0.717) is 43.1 Å². The maximum absolute atomic E-state index is 15.1. The van der Waals surface area contributed by atoms with Crippen molar-refractivity contribution in [1.29, 1.82) is 0 Å². The molecule has 2 amide bonds. The summed E-state index contributed by atoms with van der Waals surface area (Å²) >= 11 is 1.53. The van der Waals surface area contributed by atoms with Gasteiger partial charge in [-0.05, 0) is 60.9 Å². The number of anilines is 1. The third-order valence-electron chi connectivity index (χ3n) is 7.68. The largest absolute Gasteiger partial charge is 0.453 e. The number of carbonyl (C=O) groups is 3. The molecule has 0 unspecified atom stereocenters. The molecule has 0 bridgehead atoms. The first kappa shape index (κ1) is 32.0. The number of amides is 2. The number of fused-ring (bicyclic) bond motifs is 1. The topological polar surface area (TPSA) is 91.8 Å². The van der Waals surface area contributed by atoms with Gasteiger partial charge in [-0.2, -0.15) is 0 Å². The van der Waals surface area contributed by atoms with Crippen molar-refractivity contribution in [2.75, 3.05) is 38.1 Å². The number of ketones is 1. The maximum atomic E-state index is 15.1. The third-order valence-corrected chi connectivity index (χ3v) is 8.89. The normalized spacial score (nSPS) is 13.0. The van der Waals surface area contributed by atoms with Crippen LogP contribution in [0.5, 0.6) is 11.5 Å². The zero-order chi connectivity index (χ0) is 31.8. The number of rotatable bonds is 13. The van der Waals surface area contributed by atoms with Crippen molar-refractivity contribution >= 4 is 50.4 Å². The molecule has 0 radical (unpaired) electrons. The van der Waals surface area contributed by atoms with Gasteiger partial charge in [0, 0.05) is 62.4 Å². The van der Waals surface area contributed by atoms with Gasteiger partial charge in [0.25, 0.3) is 0 Å². The number of aromatic nitrogens is 1. The van der Waals surface area contributed by atoms with Crippen LogP contribution in [-0.4, -0.2) is 60.7 Å². The van der Waals surface area contributed by atoms with E-state index >= 15 is 4.39 Å². The lowest BCUT2D eigenvalue weighted by Crippen LogP contribution is -2.36. The molecule has 10 heteroatoms. The fourth-order valence-electron chi connectivity index (χ4n) is 5.16. The van der Waals surface area contributed by atoms with Gasteiger partial charge < -0.3 is 19.9 Å². The molecule has 1 aliphatic heterocycles. The predicted molar refractivity (Wildman–Crippen MR) is 176 cm³/mol. The first-order valence-electron chi connectivity index (χ1n) is 15.2. The monoisotopic (exact) mass is 628 g/mol. The summed E-state index contributed by atoms with van der Waals surface area (Å²) in [7, 11) is 1.63. The Balaban J connectivity index is 1.20. The van der Waals surface area contributed by atoms with Crippen molar-refractivity contribution in [3.8, 4) is 11.5 Å². The summed E-state index contributed by atoms with van der Waals surface area (Å²) in [5, 5.41) is 3.28. The molecule has 234 valence electrons. The van der Waals surface area contributed by atoms with Gasteiger partial charge in [-0.3, -0.25) is 19.4 Å². The van der Waals surface area contributed by atoms with Crippen LogP contribution in [-0.2, 0) is 20.8 Å². The van der Waals surface area contributed by atoms with Crippen LogP contribution >= 0.6 is 11.3 Å². The smallest absolute Gasteiger partial charge is 0.234 e. The molecular weight excluding hydrogens is 591 g/mol. The summed E-state index contributed by atoms with van der Waals surface area (Å²) < 4.78 is 21.9.